The molecule has 0 saturated carbocycles. The maximum absolute atomic E-state index is 10.3. The van der Waals surface area contributed by atoms with Gasteiger partial charge in [-0.2, -0.15) is 0 Å². The summed E-state index contributed by atoms with van der Waals surface area (Å²) in [5, 5.41) is 0. The predicted molar refractivity (Wildman–Crippen MR) is 57.3 cm³/mol. The molecule has 0 heterocycles. The van der Waals surface area contributed by atoms with Gasteiger partial charge in [-0.3, -0.25) is 4.79 Å². The van der Waals surface area contributed by atoms with Crippen LogP contribution < -0.4 is 11.5 Å². The number of hydrogen-bond acceptors (Lipinski definition) is 2. The Bertz CT molecular complexity index is 109. The molecule has 0 aliphatic heterocycles. The molecule has 0 aromatic carbocycles. The molecule has 1 atom stereocenters. The van der Waals surface area contributed by atoms with Crippen LogP contribution in [0.4, 0.5) is 0 Å². The minimum absolute atomic E-state index is 0. The summed E-state index contributed by atoms with van der Waals surface area (Å²) in [5.41, 5.74) is 10.3. The predicted octanol–water partition coefficient (Wildman–Crippen LogP) is 1.00. The molecule has 5 heteroatoms. The van der Waals surface area contributed by atoms with Gasteiger partial charge in [-0.1, -0.05) is 13.8 Å². The highest BCUT2D eigenvalue weighted by molar-refractivity contribution is 8.93. The molecule has 0 bridgehead atoms. The van der Waals surface area contributed by atoms with E-state index in [0.29, 0.717) is 12.3 Å². The van der Waals surface area contributed by atoms with Gasteiger partial charge in [0.2, 0.25) is 5.91 Å². The van der Waals surface area contributed by atoms with Crippen LogP contribution in [-0.4, -0.2) is 11.9 Å². The monoisotopic (exact) mass is 290 g/mol. The number of amides is 1. The lowest BCUT2D eigenvalue weighted by Gasteiger charge is -2.08. The third-order valence-electron chi connectivity index (χ3n) is 1.09. The number of carbonyl (C=O) groups excluding carboxylic acids is 1. The fourth-order valence-electron chi connectivity index (χ4n) is 0.624. The lowest BCUT2D eigenvalue weighted by Crippen LogP contribution is -2.37. The molecule has 0 fully saturated rings. The van der Waals surface area contributed by atoms with Gasteiger partial charge in [0, 0.05) is 0 Å². The van der Waals surface area contributed by atoms with Gasteiger partial charge < -0.3 is 11.5 Å². The van der Waals surface area contributed by atoms with Crippen molar-refractivity contribution < 1.29 is 4.79 Å². The van der Waals surface area contributed by atoms with Gasteiger partial charge in [0.05, 0.1) is 6.04 Å². The number of nitrogens with two attached hydrogens (primary N) is 2. The highest BCUT2D eigenvalue weighted by Crippen LogP contribution is 2.00. The first-order valence-electron chi connectivity index (χ1n) is 3.09. The maximum atomic E-state index is 10.3. The van der Waals surface area contributed by atoms with E-state index in [1.807, 2.05) is 13.8 Å². The Labute approximate surface area is 88.4 Å². The van der Waals surface area contributed by atoms with E-state index in [4.69, 9.17) is 11.5 Å². The van der Waals surface area contributed by atoms with Crippen LogP contribution >= 0.6 is 34.0 Å². The van der Waals surface area contributed by atoms with Crippen LogP contribution in [0.2, 0.25) is 0 Å². The number of halogens is 2. The Kier molecular flexibility index (Phi) is 13.5. The lowest BCUT2D eigenvalue weighted by molar-refractivity contribution is -0.119. The topological polar surface area (TPSA) is 69.1 Å². The van der Waals surface area contributed by atoms with Crippen molar-refractivity contribution in [1.29, 1.82) is 0 Å². The summed E-state index contributed by atoms with van der Waals surface area (Å²) >= 11 is 0. The molecule has 0 aliphatic rings. The van der Waals surface area contributed by atoms with Crippen molar-refractivity contribution in [3.63, 3.8) is 0 Å². The van der Waals surface area contributed by atoms with E-state index >= 15 is 0 Å². The second-order valence-corrected chi connectivity index (χ2v) is 2.64. The van der Waals surface area contributed by atoms with E-state index in [1.165, 1.54) is 0 Å². The summed E-state index contributed by atoms with van der Waals surface area (Å²) < 4.78 is 0. The molecule has 0 aliphatic carbocycles. The second-order valence-electron chi connectivity index (χ2n) is 2.64. The summed E-state index contributed by atoms with van der Waals surface area (Å²) in [7, 11) is 0. The molecule has 0 spiro atoms. The lowest BCUT2D eigenvalue weighted by atomic mass is 10.0. The van der Waals surface area contributed by atoms with Crippen LogP contribution in [-0.2, 0) is 4.79 Å². The Morgan fingerprint density at radius 1 is 1.36 bits per heavy atom. The molecule has 11 heavy (non-hydrogen) atoms. The Hall–Kier alpha value is 0.390. The first-order chi connectivity index (χ1) is 4.04. The molecule has 1 amide bonds. The Morgan fingerprint density at radius 3 is 1.82 bits per heavy atom. The average molecular weight is 292 g/mol. The van der Waals surface area contributed by atoms with Crippen molar-refractivity contribution in [3.8, 4) is 0 Å². The molecule has 0 saturated heterocycles. The van der Waals surface area contributed by atoms with E-state index < -0.39 is 11.9 Å². The molecule has 0 unspecified atom stereocenters. The van der Waals surface area contributed by atoms with Crippen LogP contribution in [0.3, 0.4) is 0 Å². The van der Waals surface area contributed by atoms with Crippen LogP contribution in [0.1, 0.15) is 20.3 Å². The second kappa shape index (κ2) is 8.49. The van der Waals surface area contributed by atoms with Crippen molar-refractivity contribution in [1.82, 2.24) is 0 Å². The quantitative estimate of drug-likeness (QED) is 0.814. The third-order valence-corrected chi connectivity index (χ3v) is 1.09. The highest BCUT2D eigenvalue weighted by Gasteiger charge is 2.09. The standard InChI is InChI=1S/C6H14N2O.2BrH/c1-4(2)3-5(7)6(8)9;;/h4-5H,3,7H2,1-2H3,(H2,8,9);2*1H/t5-;;/m0../s1. The molecule has 70 valence electrons. The third kappa shape index (κ3) is 10.4. The van der Waals surface area contributed by atoms with Crippen molar-refractivity contribution in [2.24, 2.45) is 17.4 Å². The van der Waals surface area contributed by atoms with Gasteiger partial charge in [-0.05, 0) is 12.3 Å². The van der Waals surface area contributed by atoms with E-state index in [2.05, 4.69) is 0 Å². The molecular formula is C6H16Br2N2O. The summed E-state index contributed by atoms with van der Waals surface area (Å²) in [6.45, 7) is 4.01. The zero-order chi connectivity index (χ0) is 7.44. The zero-order valence-corrected chi connectivity index (χ0v) is 10.2. The summed E-state index contributed by atoms with van der Waals surface area (Å²) in [6.07, 6.45) is 0.676. The molecule has 0 aromatic rings. The fraction of sp³-hybridized carbons (Fsp3) is 0.833. The maximum Gasteiger partial charge on any atom is 0.234 e. The molecule has 0 aromatic heterocycles. The zero-order valence-electron chi connectivity index (χ0n) is 6.74. The fourth-order valence-corrected chi connectivity index (χ4v) is 0.624. The van der Waals surface area contributed by atoms with Crippen LogP contribution in [0, 0.1) is 5.92 Å². The molecular weight excluding hydrogens is 276 g/mol. The van der Waals surface area contributed by atoms with Gasteiger partial charge in [0.15, 0.2) is 0 Å². The average Bonchev–Trinajstić information content (AvgIpc) is 1.63. The van der Waals surface area contributed by atoms with Crippen molar-refractivity contribution in [3.05, 3.63) is 0 Å². The van der Waals surface area contributed by atoms with Crippen molar-refractivity contribution in [2.45, 2.75) is 26.3 Å². The van der Waals surface area contributed by atoms with Crippen molar-refractivity contribution in [2.75, 3.05) is 0 Å². The largest absolute Gasteiger partial charge is 0.368 e. The first-order valence-corrected chi connectivity index (χ1v) is 3.09. The molecule has 3 nitrogen and oxygen atoms in total. The van der Waals surface area contributed by atoms with E-state index in [1.54, 1.807) is 0 Å². The number of primary amides is 1. The molecule has 0 rings (SSSR count). The Morgan fingerprint density at radius 2 is 1.73 bits per heavy atom. The highest BCUT2D eigenvalue weighted by atomic mass is 79.9. The SMILES string of the molecule is Br.Br.CC(C)C[C@H](N)C(N)=O. The summed E-state index contributed by atoms with van der Waals surface area (Å²) in [4.78, 5) is 10.3. The summed E-state index contributed by atoms with van der Waals surface area (Å²) in [6, 6.07) is -0.468. The van der Waals surface area contributed by atoms with E-state index in [-0.39, 0.29) is 34.0 Å². The van der Waals surface area contributed by atoms with Crippen LogP contribution in [0.25, 0.3) is 0 Å². The number of hydrogen-bond donors (Lipinski definition) is 2. The summed E-state index contributed by atoms with van der Waals surface area (Å²) in [5.74, 6) is 0.0243. The molecule has 0 radical (unpaired) electrons. The Balaban J connectivity index is -0.000000320. The molecule has 4 N–H and O–H groups in total. The number of rotatable bonds is 3. The van der Waals surface area contributed by atoms with E-state index in [0.717, 1.165) is 0 Å². The normalized spacial score (nSPS) is 11.3. The van der Waals surface area contributed by atoms with Crippen LogP contribution in [0.5, 0.6) is 0 Å². The first kappa shape index (κ1) is 17.5. The van der Waals surface area contributed by atoms with Gasteiger partial charge in [-0.25, -0.2) is 0 Å². The van der Waals surface area contributed by atoms with E-state index in [9.17, 15) is 4.79 Å². The number of carbonyl (C=O) groups is 1. The minimum Gasteiger partial charge on any atom is -0.368 e. The van der Waals surface area contributed by atoms with Gasteiger partial charge >= 0.3 is 0 Å². The van der Waals surface area contributed by atoms with Crippen LogP contribution in [0.15, 0.2) is 0 Å². The van der Waals surface area contributed by atoms with Gasteiger partial charge in [-0.15, -0.1) is 34.0 Å². The van der Waals surface area contributed by atoms with Crippen molar-refractivity contribution >= 4 is 39.9 Å². The smallest absolute Gasteiger partial charge is 0.234 e. The van der Waals surface area contributed by atoms with Gasteiger partial charge in [0.25, 0.3) is 0 Å². The minimum atomic E-state index is -0.468. The van der Waals surface area contributed by atoms with Gasteiger partial charge in [0.1, 0.15) is 0 Å².